The molecule has 9 nitrogen and oxygen atoms in total. The van der Waals surface area contributed by atoms with Gasteiger partial charge in [-0.2, -0.15) is 0 Å². The largest absolute Gasteiger partial charge is 0.480 e. The number of rotatable bonds is 24. The van der Waals surface area contributed by atoms with E-state index in [4.69, 9.17) is 4.74 Å². The first-order valence-electron chi connectivity index (χ1n) is 17.3. The van der Waals surface area contributed by atoms with E-state index in [-0.39, 0.29) is 18.2 Å². The number of unbranched alkanes of at least 4 members (excludes halogenated alkanes) is 2. The third-order valence-corrected chi connectivity index (χ3v) is 7.65. The Hall–Kier alpha value is -3.82. The Kier molecular flexibility index (Phi) is 22.0. The molecule has 47 heavy (non-hydrogen) atoms. The lowest BCUT2D eigenvalue weighted by Gasteiger charge is -2.26. The number of carboxylic acid groups (broad SMARTS) is 1. The number of pyridine rings is 1. The number of ether oxygens (including phenoxy) is 1. The maximum Gasteiger partial charge on any atom is 0.326 e. The number of allylic oxidation sites excluding steroid dienone is 10. The smallest absolute Gasteiger partial charge is 0.326 e. The number of amides is 2. The average molecular weight is 649 g/mol. The number of nitrogens with one attached hydrogen (secondary N) is 2. The SMILES string of the molecule is CCC=CCC=CCC=CCC=CCC=CCCCC(=O)N[C@@H](CCCCNC(=O)c1ccc(CCN2CCOCC2)nc1)C(=O)O. The van der Waals surface area contributed by atoms with E-state index in [1.165, 1.54) is 0 Å². The monoisotopic (exact) mass is 648 g/mol. The minimum Gasteiger partial charge on any atom is -0.480 e. The Morgan fingerprint density at radius 3 is 2.13 bits per heavy atom. The number of aromatic nitrogens is 1. The number of hydrogen-bond donors (Lipinski definition) is 3. The van der Waals surface area contributed by atoms with Gasteiger partial charge in [-0.3, -0.25) is 19.5 Å². The zero-order valence-electron chi connectivity index (χ0n) is 28.3. The Morgan fingerprint density at radius 2 is 1.53 bits per heavy atom. The molecule has 0 radical (unpaired) electrons. The van der Waals surface area contributed by atoms with Crippen molar-refractivity contribution in [2.45, 2.75) is 90.0 Å². The summed E-state index contributed by atoms with van der Waals surface area (Å²) in [5, 5.41) is 15.1. The van der Waals surface area contributed by atoms with Crippen molar-refractivity contribution in [3.8, 4) is 0 Å². The second-order valence-corrected chi connectivity index (χ2v) is 11.6. The van der Waals surface area contributed by atoms with E-state index in [1.807, 2.05) is 6.07 Å². The van der Waals surface area contributed by atoms with Gasteiger partial charge in [0.1, 0.15) is 6.04 Å². The molecule has 0 aromatic carbocycles. The van der Waals surface area contributed by atoms with Gasteiger partial charge in [-0.05, 0) is 76.3 Å². The lowest BCUT2D eigenvalue weighted by molar-refractivity contribution is -0.142. The Morgan fingerprint density at radius 1 is 0.894 bits per heavy atom. The van der Waals surface area contributed by atoms with Gasteiger partial charge in [0.05, 0.1) is 18.8 Å². The van der Waals surface area contributed by atoms with Crippen LogP contribution in [0, 0.1) is 0 Å². The van der Waals surface area contributed by atoms with Crippen LogP contribution in [0.15, 0.2) is 79.1 Å². The van der Waals surface area contributed by atoms with Crippen LogP contribution < -0.4 is 10.6 Å². The van der Waals surface area contributed by atoms with Crippen LogP contribution in [0.1, 0.15) is 93.6 Å². The Labute approximate surface area is 281 Å². The highest BCUT2D eigenvalue weighted by Gasteiger charge is 2.19. The van der Waals surface area contributed by atoms with Gasteiger partial charge in [0.15, 0.2) is 0 Å². The lowest BCUT2D eigenvalue weighted by atomic mass is 10.1. The molecule has 258 valence electrons. The molecular formula is C38H56N4O5. The quantitative estimate of drug-likeness (QED) is 0.0883. The van der Waals surface area contributed by atoms with Crippen LogP contribution in [0.5, 0.6) is 0 Å². The van der Waals surface area contributed by atoms with Gasteiger partial charge in [0, 0.05) is 50.9 Å². The summed E-state index contributed by atoms with van der Waals surface area (Å²) in [7, 11) is 0. The number of carboxylic acids is 1. The zero-order valence-corrected chi connectivity index (χ0v) is 28.3. The molecule has 1 aromatic heterocycles. The molecule has 2 amide bonds. The molecule has 0 unspecified atom stereocenters. The molecule has 1 aliphatic rings. The van der Waals surface area contributed by atoms with Gasteiger partial charge < -0.3 is 20.5 Å². The molecule has 0 aliphatic carbocycles. The summed E-state index contributed by atoms with van der Waals surface area (Å²) in [5.74, 6) is -1.49. The van der Waals surface area contributed by atoms with Crippen LogP contribution >= 0.6 is 0 Å². The summed E-state index contributed by atoms with van der Waals surface area (Å²) in [6.45, 7) is 6.89. The van der Waals surface area contributed by atoms with Crippen LogP contribution in [-0.4, -0.2) is 78.2 Å². The van der Waals surface area contributed by atoms with E-state index < -0.39 is 12.0 Å². The molecule has 1 fully saturated rings. The summed E-state index contributed by atoms with van der Waals surface area (Å²) >= 11 is 0. The third-order valence-electron chi connectivity index (χ3n) is 7.65. The second-order valence-electron chi connectivity index (χ2n) is 11.6. The maximum absolute atomic E-state index is 12.5. The van der Waals surface area contributed by atoms with E-state index in [2.05, 4.69) is 88.2 Å². The van der Waals surface area contributed by atoms with Crippen molar-refractivity contribution in [2.75, 3.05) is 39.4 Å². The molecule has 9 heteroatoms. The number of nitrogens with zero attached hydrogens (tertiary/aromatic N) is 2. The third kappa shape index (κ3) is 20.1. The van der Waals surface area contributed by atoms with Gasteiger partial charge in [-0.15, -0.1) is 0 Å². The normalized spacial score (nSPS) is 15.0. The minimum absolute atomic E-state index is 0.201. The molecule has 3 N–H and O–H groups in total. The predicted octanol–water partition coefficient (Wildman–Crippen LogP) is 6.35. The van der Waals surface area contributed by atoms with Crippen molar-refractivity contribution in [1.82, 2.24) is 20.5 Å². The van der Waals surface area contributed by atoms with Crippen LogP contribution in [-0.2, 0) is 20.7 Å². The first-order chi connectivity index (χ1) is 23.0. The standard InChI is InChI=1S/C38H56N4O5/c1-2-3-4-5-6-7-8-9-10-11-12-13-14-15-16-17-18-22-36(43)41-35(38(45)46)21-19-20-26-39-37(44)33-23-24-34(40-32-33)25-27-42-28-30-47-31-29-42/h3-4,6-7,9-10,12-13,15-16,23-24,32,35H,2,5,8,11,14,17-22,25-31H2,1H3,(H,39,44)(H,41,43)(H,45,46)/t35-/m0/s1. The summed E-state index contributed by atoms with van der Waals surface area (Å²) in [6, 6.07) is 2.74. The fraction of sp³-hybridized carbons (Fsp3) is 0.526. The number of carbonyl (C=O) groups is 3. The van der Waals surface area contributed by atoms with E-state index in [0.717, 1.165) is 83.5 Å². The van der Waals surface area contributed by atoms with Crippen molar-refractivity contribution >= 4 is 17.8 Å². The first kappa shape index (κ1) is 39.4. The van der Waals surface area contributed by atoms with Crippen LogP contribution in [0.3, 0.4) is 0 Å². The molecular weight excluding hydrogens is 592 g/mol. The van der Waals surface area contributed by atoms with Crippen molar-refractivity contribution < 1.29 is 24.2 Å². The molecule has 2 rings (SSSR count). The molecule has 1 atom stereocenters. The van der Waals surface area contributed by atoms with Gasteiger partial charge in [-0.1, -0.05) is 67.7 Å². The average Bonchev–Trinajstić information content (AvgIpc) is 3.08. The minimum atomic E-state index is -1.04. The van der Waals surface area contributed by atoms with Crippen molar-refractivity contribution in [3.63, 3.8) is 0 Å². The Bertz CT molecular complexity index is 1170. The summed E-state index contributed by atoms with van der Waals surface area (Å²) in [5.41, 5.74) is 1.45. The first-order valence-corrected chi connectivity index (χ1v) is 17.3. The van der Waals surface area contributed by atoms with Gasteiger partial charge in [0.2, 0.25) is 5.91 Å². The fourth-order valence-electron chi connectivity index (χ4n) is 4.85. The van der Waals surface area contributed by atoms with E-state index in [9.17, 15) is 19.5 Å². The lowest BCUT2D eigenvalue weighted by Crippen LogP contribution is -2.40. The topological polar surface area (TPSA) is 121 Å². The fourth-order valence-corrected chi connectivity index (χ4v) is 4.85. The molecule has 0 bridgehead atoms. The van der Waals surface area contributed by atoms with Crippen molar-refractivity contribution in [1.29, 1.82) is 0 Å². The van der Waals surface area contributed by atoms with E-state index >= 15 is 0 Å². The molecule has 0 spiro atoms. The van der Waals surface area contributed by atoms with Gasteiger partial charge in [0.25, 0.3) is 5.91 Å². The number of aliphatic carboxylic acids is 1. The molecule has 0 saturated carbocycles. The molecule has 1 saturated heterocycles. The maximum atomic E-state index is 12.5. The molecule has 1 aliphatic heterocycles. The van der Waals surface area contributed by atoms with Crippen molar-refractivity contribution in [3.05, 3.63) is 90.3 Å². The van der Waals surface area contributed by atoms with Crippen LogP contribution in [0.25, 0.3) is 0 Å². The van der Waals surface area contributed by atoms with E-state index in [1.54, 1.807) is 12.3 Å². The molecule has 2 heterocycles. The van der Waals surface area contributed by atoms with E-state index in [0.29, 0.717) is 37.8 Å². The summed E-state index contributed by atoms with van der Waals surface area (Å²) < 4.78 is 5.37. The Balaban J connectivity index is 1.51. The van der Waals surface area contributed by atoms with Crippen molar-refractivity contribution in [2.24, 2.45) is 0 Å². The van der Waals surface area contributed by atoms with Gasteiger partial charge in [-0.25, -0.2) is 4.79 Å². The summed E-state index contributed by atoms with van der Waals surface area (Å²) in [4.78, 5) is 43.2. The molecule has 1 aromatic rings. The highest BCUT2D eigenvalue weighted by molar-refractivity contribution is 5.93. The number of hydrogen-bond acceptors (Lipinski definition) is 6. The number of morpholine rings is 1. The predicted molar refractivity (Wildman–Crippen MR) is 189 cm³/mol. The van der Waals surface area contributed by atoms with Crippen LogP contribution in [0.4, 0.5) is 0 Å². The number of carbonyl (C=O) groups excluding carboxylic acids is 2. The highest BCUT2D eigenvalue weighted by Crippen LogP contribution is 2.07. The van der Waals surface area contributed by atoms with Gasteiger partial charge >= 0.3 is 5.97 Å². The highest BCUT2D eigenvalue weighted by atomic mass is 16.5. The zero-order chi connectivity index (χ0) is 33.8. The van der Waals surface area contributed by atoms with Crippen LogP contribution in [0.2, 0.25) is 0 Å². The second kappa shape index (κ2) is 26.3. The summed E-state index contributed by atoms with van der Waals surface area (Å²) in [6.07, 6.45) is 31.9.